The van der Waals surface area contributed by atoms with Gasteiger partial charge in [-0.25, -0.2) is 9.78 Å². The van der Waals surface area contributed by atoms with Crippen LogP contribution in [-0.2, 0) is 33.9 Å². The molecule has 1 N–H and O–H groups in total. The Bertz CT molecular complexity index is 1490. The molecule has 0 aliphatic heterocycles. The fourth-order valence-corrected chi connectivity index (χ4v) is 4.88. The van der Waals surface area contributed by atoms with Crippen LogP contribution < -0.4 is 10.1 Å². The summed E-state index contributed by atoms with van der Waals surface area (Å²) in [6.45, 7) is 0.417. The first-order valence-electron chi connectivity index (χ1n) is 13.6. The van der Waals surface area contributed by atoms with Crippen molar-refractivity contribution in [2.24, 2.45) is 0 Å². The van der Waals surface area contributed by atoms with Crippen molar-refractivity contribution in [2.45, 2.75) is 51.7 Å². The van der Waals surface area contributed by atoms with Crippen molar-refractivity contribution in [1.29, 1.82) is 0 Å². The third kappa shape index (κ3) is 9.27. The Labute approximate surface area is 247 Å². The van der Waals surface area contributed by atoms with Crippen molar-refractivity contribution in [3.05, 3.63) is 94.5 Å². The number of ether oxygens (including phenoxy) is 2. The zero-order chi connectivity index (χ0) is 29.7. The number of unbranched alkanes of at least 4 members (excludes halogenated alkanes) is 3. The van der Waals surface area contributed by atoms with Crippen LogP contribution in [0.15, 0.2) is 66.9 Å². The number of nitrogens with zero attached hydrogens (tertiary/aromatic N) is 3. The molecule has 1 amide bonds. The van der Waals surface area contributed by atoms with Crippen molar-refractivity contribution in [2.75, 3.05) is 7.11 Å². The molecular formula is C31H31FN4O5S. The highest BCUT2D eigenvalue weighted by atomic mass is 32.1. The summed E-state index contributed by atoms with van der Waals surface area (Å²) >= 11 is 1.33. The average molecular weight is 591 g/mol. The Balaban J connectivity index is 1.15. The van der Waals surface area contributed by atoms with Crippen LogP contribution in [-0.4, -0.2) is 40.0 Å². The maximum Gasteiger partial charge on any atom is 0.337 e. The zero-order valence-electron chi connectivity index (χ0n) is 23.2. The molecule has 0 aliphatic carbocycles. The Morgan fingerprint density at radius 2 is 1.74 bits per heavy atom. The predicted molar refractivity (Wildman–Crippen MR) is 155 cm³/mol. The Kier molecular flexibility index (Phi) is 11.2. The minimum Gasteiger partial charge on any atom is -0.489 e. The van der Waals surface area contributed by atoms with Crippen LogP contribution in [0.25, 0.3) is 10.6 Å². The van der Waals surface area contributed by atoms with Gasteiger partial charge in [0.2, 0.25) is 11.7 Å². The number of carbonyl (C=O) groups excluding carboxylic acids is 3. The quantitative estimate of drug-likeness (QED) is 0.0836. The van der Waals surface area contributed by atoms with E-state index >= 15 is 0 Å². The van der Waals surface area contributed by atoms with Gasteiger partial charge in [0.05, 0.1) is 19.2 Å². The van der Waals surface area contributed by atoms with Crippen molar-refractivity contribution in [1.82, 2.24) is 20.5 Å². The number of aryl methyl sites for hydroxylation is 1. The highest BCUT2D eigenvalue weighted by molar-refractivity contribution is 7.14. The van der Waals surface area contributed by atoms with Crippen LogP contribution in [0.4, 0.5) is 4.39 Å². The zero-order valence-corrected chi connectivity index (χ0v) is 24.0. The number of esters is 1. The number of hydrogen-bond acceptors (Lipinski definition) is 9. The van der Waals surface area contributed by atoms with E-state index in [1.54, 1.807) is 24.3 Å². The van der Waals surface area contributed by atoms with E-state index in [0.29, 0.717) is 34.4 Å². The predicted octanol–water partition coefficient (Wildman–Crippen LogP) is 5.48. The van der Waals surface area contributed by atoms with E-state index in [9.17, 15) is 18.8 Å². The molecule has 2 aromatic heterocycles. The highest BCUT2D eigenvalue weighted by Gasteiger charge is 2.15. The number of carbonyl (C=O) groups is 3. The lowest BCUT2D eigenvalue weighted by molar-refractivity contribution is -0.138. The molecule has 218 valence electrons. The summed E-state index contributed by atoms with van der Waals surface area (Å²) < 4.78 is 23.4. The molecule has 0 atom stereocenters. The minimum atomic E-state index is -0.622. The molecule has 11 heteroatoms. The number of Topliss-reactive ketones (excluding diaryl/α,β-unsaturated/α-hetero) is 1. The van der Waals surface area contributed by atoms with Gasteiger partial charge in [-0.1, -0.05) is 42.4 Å². The largest absolute Gasteiger partial charge is 0.489 e. The molecule has 4 rings (SSSR count). The topological polar surface area (TPSA) is 120 Å². The van der Waals surface area contributed by atoms with Crippen LogP contribution in [0, 0.1) is 5.95 Å². The standard InChI is InChI=1S/C31H31FN4O5S/c1-40-31(39)24-9-6-8-22(17-24)20-41-25-14-12-23(13-15-25)30-36-35-28(42-30)19-34-29(38)26(37)10-5-3-2-4-7-21-11-16-27(32)33-18-21/h6,8-9,11-18H,2-5,7,10,19-20H2,1H3,(H,34,38). The van der Waals surface area contributed by atoms with Gasteiger partial charge in [0.1, 0.15) is 22.4 Å². The van der Waals surface area contributed by atoms with Gasteiger partial charge in [0.15, 0.2) is 0 Å². The second-order valence-electron chi connectivity index (χ2n) is 9.52. The molecule has 2 aromatic carbocycles. The smallest absolute Gasteiger partial charge is 0.337 e. The van der Waals surface area contributed by atoms with Crippen LogP contribution in [0.1, 0.15) is 58.6 Å². The van der Waals surface area contributed by atoms with Gasteiger partial charge in [-0.05, 0) is 72.9 Å². The maximum absolute atomic E-state index is 12.9. The van der Waals surface area contributed by atoms with Crippen molar-refractivity contribution in [3.8, 4) is 16.3 Å². The summed E-state index contributed by atoms with van der Waals surface area (Å²) in [5, 5.41) is 12.2. The molecule has 0 unspecified atom stereocenters. The van der Waals surface area contributed by atoms with Gasteiger partial charge in [-0.15, -0.1) is 10.2 Å². The van der Waals surface area contributed by atoms with Crippen molar-refractivity contribution >= 4 is 29.0 Å². The van der Waals surface area contributed by atoms with Gasteiger partial charge in [0.25, 0.3) is 5.91 Å². The number of pyridine rings is 1. The lowest BCUT2D eigenvalue weighted by atomic mass is 10.1. The molecular weight excluding hydrogens is 559 g/mol. The first-order valence-corrected chi connectivity index (χ1v) is 14.4. The first-order chi connectivity index (χ1) is 20.4. The van der Waals surface area contributed by atoms with Gasteiger partial charge >= 0.3 is 5.97 Å². The summed E-state index contributed by atoms with van der Waals surface area (Å²) in [4.78, 5) is 39.8. The number of ketones is 1. The molecule has 2 heterocycles. The molecule has 0 bridgehead atoms. The second kappa shape index (κ2) is 15.5. The Hall–Kier alpha value is -4.51. The van der Waals surface area contributed by atoms with Crippen molar-refractivity contribution < 1.29 is 28.2 Å². The molecule has 0 aliphatic rings. The number of benzene rings is 2. The molecule has 0 saturated heterocycles. The number of amides is 1. The van der Waals surface area contributed by atoms with Gasteiger partial charge in [-0.2, -0.15) is 4.39 Å². The molecule has 0 radical (unpaired) electrons. The van der Waals surface area contributed by atoms with E-state index < -0.39 is 23.6 Å². The van der Waals surface area contributed by atoms with Crippen LogP contribution in [0.3, 0.4) is 0 Å². The van der Waals surface area contributed by atoms with Gasteiger partial charge in [-0.3, -0.25) is 9.59 Å². The summed E-state index contributed by atoms with van der Waals surface area (Å²) in [7, 11) is 1.34. The summed E-state index contributed by atoms with van der Waals surface area (Å²) in [6.07, 6.45) is 5.83. The fourth-order valence-electron chi connectivity index (χ4n) is 4.10. The summed E-state index contributed by atoms with van der Waals surface area (Å²) in [5.74, 6) is -1.30. The molecule has 4 aromatic rings. The Morgan fingerprint density at radius 1 is 0.929 bits per heavy atom. The highest BCUT2D eigenvalue weighted by Crippen LogP contribution is 2.26. The number of halogens is 1. The lowest BCUT2D eigenvalue weighted by Gasteiger charge is -2.08. The van der Waals surface area contributed by atoms with E-state index in [1.807, 2.05) is 30.3 Å². The SMILES string of the molecule is COC(=O)c1cccc(COc2ccc(-c3nnc(CNC(=O)C(=O)CCCCCCc4ccc(F)nc4)s3)cc2)c1. The van der Waals surface area contributed by atoms with Crippen LogP contribution >= 0.6 is 11.3 Å². The van der Waals surface area contributed by atoms with E-state index in [-0.39, 0.29) is 13.0 Å². The van der Waals surface area contributed by atoms with Gasteiger partial charge in [0, 0.05) is 18.2 Å². The number of hydrogen-bond donors (Lipinski definition) is 1. The maximum atomic E-state index is 12.9. The van der Waals surface area contributed by atoms with Crippen molar-refractivity contribution in [3.63, 3.8) is 0 Å². The Morgan fingerprint density at radius 3 is 2.50 bits per heavy atom. The first kappa shape index (κ1) is 30.4. The van der Waals surface area contributed by atoms with Crippen LogP contribution in [0.2, 0.25) is 0 Å². The van der Waals surface area contributed by atoms with Crippen LogP contribution in [0.5, 0.6) is 5.75 Å². The van der Waals surface area contributed by atoms with E-state index in [1.165, 1.54) is 30.7 Å². The number of aromatic nitrogens is 3. The molecule has 0 spiro atoms. The molecule has 42 heavy (non-hydrogen) atoms. The van der Waals surface area contributed by atoms with Gasteiger partial charge < -0.3 is 14.8 Å². The molecule has 9 nitrogen and oxygen atoms in total. The summed E-state index contributed by atoms with van der Waals surface area (Å²) in [5.41, 5.74) is 3.13. The minimum absolute atomic E-state index is 0.125. The van der Waals surface area contributed by atoms with E-state index in [4.69, 9.17) is 9.47 Å². The normalized spacial score (nSPS) is 10.7. The van der Waals surface area contributed by atoms with E-state index in [2.05, 4.69) is 20.5 Å². The number of nitrogens with one attached hydrogen (secondary N) is 1. The average Bonchev–Trinajstić information content (AvgIpc) is 3.50. The number of methoxy groups -OCH3 is 1. The molecule has 0 saturated carbocycles. The molecule has 0 fully saturated rings. The van der Waals surface area contributed by atoms with E-state index in [0.717, 1.165) is 42.4 Å². The third-order valence-electron chi connectivity index (χ3n) is 6.38. The second-order valence-corrected chi connectivity index (χ2v) is 10.6. The lowest BCUT2D eigenvalue weighted by Crippen LogP contribution is -2.30. The monoisotopic (exact) mass is 590 g/mol. The number of rotatable bonds is 15. The fraction of sp³-hybridized carbons (Fsp3) is 0.290. The summed E-state index contributed by atoms with van der Waals surface area (Å²) in [6, 6.07) is 17.5. The third-order valence-corrected chi connectivity index (χ3v) is 7.36.